The fourth-order valence-corrected chi connectivity index (χ4v) is 2.93. The molecule has 116 valence electrons. The lowest BCUT2D eigenvalue weighted by Crippen LogP contribution is -2.13. The van der Waals surface area contributed by atoms with Crippen molar-refractivity contribution < 1.29 is 13.2 Å². The molecule has 0 fully saturated rings. The first kappa shape index (κ1) is 17.0. The number of rotatable bonds is 3. The summed E-state index contributed by atoms with van der Waals surface area (Å²) in [6.45, 7) is 1.90. The smallest absolute Gasteiger partial charge is 0.257 e. The first-order valence-corrected chi connectivity index (χ1v) is 9.32. The lowest BCUT2D eigenvalue weighted by Gasteiger charge is -2.09. The molecule has 1 N–H and O–H groups in total. The third kappa shape index (κ3) is 3.88. The Morgan fingerprint density at radius 2 is 1.86 bits per heavy atom. The molecule has 0 bridgehead atoms. The zero-order chi connectivity index (χ0) is 16.5. The van der Waals surface area contributed by atoms with Crippen LogP contribution in [0.15, 0.2) is 45.8 Å². The van der Waals surface area contributed by atoms with Gasteiger partial charge in [0.25, 0.3) is 5.91 Å². The van der Waals surface area contributed by atoms with Crippen LogP contribution in [0.1, 0.15) is 15.9 Å². The quantitative estimate of drug-likeness (QED) is 0.842. The first-order valence-electron chi connectivity index (χ1n) is 6.25. The van der Waals surface area contributed by atoms with E-state index in [0.29, 0.717) is 5.69 Å². The van der Waals surface area contributed by atoms with Crippen molar-refractivity contribution in [3.63, 3.8) is 0 Å². The Morgan fingerprint density at radius 3 is 2.45 bits per heavy atom. The van der Waals surface area contributed by atoms with Gasteiger partial charge in [-0.2, -0.15) is 0 Å². The molecule has 2 aromatic carbocycles. The highest BCUT2D eigenvalue weighted by Gasteiger charge is 2.15. The number of benzene rings is 2. The molecule has 4 nitrogen and oxygen atoms in total. The number of sulfone groups is 1. The van der Waals surface area contributed by atoms with Crippen LogP contribution < -0.4 is 5.32 Å². The van der Waals surface area contributed by atoms with Crippen molar-refractivity contribution in [1.29, 1.82) is 0 Å². The lowest BCUT2D eigenvalue weighted by atomic mass is 10.2. The van der Waals surface area contributed by atoms with E-state index in [1.165, 1.54) is 18.2 Å². The van der Waals surface area contributed by atoms with E-state index in [-0.39, 0.29) is 15.5 Å². The predicted molar refractivity (Wildman–Crippen MR) is 91.4 cm³/mol. The largest absolute Gasteiger partial charge is 0.322 e. The average molecular weight is 403 g/mol. The number of carbonyl (C=O) groups is 1. The molecule has 0 aliphatic carbocycles. The molecule has 0 aliphatic rings. The minimum atomic E-state index is -3.41. The highest BCUT2D eigenvalue weighted by atomic mass is 79.9. The highest BCUT2D eigenvalue weighted by Crippen LogP contribution is 2.24. The van der Waals surface area contributed by atoms with Crippen LogP contribution in [-0.4, -0.2) is 20.6 Å². The van der Waals surface area contributed by atoms with Crippen LogP contribution in [0.25, 0.3) is 0 Å². The summed E-state index contributed by atoms with van der Waals surface area (Å²) in [6, 6.07) is 9.41. The van der Waals surface area contributed by atoms with Gasteiger partial charge >= 0.3 is 0 Å². The number of carbonyl (C=O) groups excluding carboxylic acids is 1. The topological polar surface area (TPSA) is 63.2 Å². The van der Waals surface area contributed by atoms with Crippen molar-refractivity contribution >= 4 is 49.0 Å². The van der Waals surface area contributed by atoms with Crippen molar-refractivity contribution in [2.45, 2.75) is 11.8 Å². The number of nitrogens with one attached hydrogen (secondary N) is 1. The molecule has 0 atom stereocenters. The maximum Gasteiger partial charge on any atom is 0.257 e. The molecule has 1 amide bonds. The number of anilines is 1. The van der Waals surface area contributed by atoms with Crippen LogP contribution in [0.2, 0.25) is 5.02 Å². The summed E-state index contributed by atoms with van der Waals surface area (Å²) in [4.78, 5) is 12.4. The molecule has 0 unspecified atom stereocenters. The van der Waals surface area contributed by atoms with E-state index in [2.05, 4.69) is 21.2 Å². The van der Waals surface area contributed by atoms with Crippen molar-refractivity contribution in [1.82, 2.24) is 0 Å². The first-order chi connectivity index (χ1) is 10.2. The SMILES string of the molecule is Cc1cc(NC(=O)c2cc(S(C)(=O)=O)ccc2Cl)ccc1Br. The van der Waals surface area contributed by atoms with Crippen LogP contribution in [0.3, 0.4) is 0 Å². The maximum absolute atomic E-state index is 12.3. The predicted octanol–water partition coefficient (Wildman–Crippen LogP) is 4.07. The number of aryl methyl sites for hydroxylation is 1. The third-order valence-corrected chi connectivity index (χ3v) is 5.36. The van der Waals surface area contributed by atoms with Gasteiger partial charge in [0.2, 0.25) is 0 Å². The summed E-state index contributed by atoms with van der Waals surface area (Å²) in [5.41, 5.74) is 1.69. The van der Waals surface area contributed by atoms with Crippen molar-refractivity contribution in [2.24, 2.45) is 0 Å². The third-order valence-electron chi connectivity index (χ3n) is 3.03. The molecule has 2 aromatic rings. The zero-order valence-corrected chi connectivity index (χ0v) is 15.0. The molecule has 0 aromatic heterocycles. The molecule has 0 spiro atoms. The van der Waals surface area contributed by atoms with E-state index in [9.17, 15) is 13.2 Å². The molecule has 7 heteroatoms. The average Bonchev–Trinajstić information content (AvgIpc) is 2.42. The Labute approximate surface area is 142 Å². The normalized spacial score (nSPS) is 11.3. The second-order valence-electron chi connectivity index (χ2n) is 4.83. The van der Waals surface area contributed by atoms with E-state index < -0.39 is 15.7 Å². The summed E-state index contributed by atoms with van der Waals surface area (Å²) in [5, 5.41) is 2.90. The van der Waals surface area contributed by atoms with E-state index in [1.54, 1.807) is 12.1 Å². The molecule has 0 saturated heterocycles. The molecule has 2 rings (SSSR count). The van der Waals surface area contributed by atoms with Gasteiger partial charge in [-0.1, -0.05) is 27.5 Å². The van der Waals surface area contributed by atoms with Gasteiger partial charge in [-0.3, -0.25) is 4.79 Å². The van der Waals surface area contributed by atoms with Gasteiger partial charge in [-0.15, -0.1) is 0 Å². The summed E-state index contributed by atoms with van der Waals surface area (Å²) >= 11 is 9.38. The molecule has 0 aliphatic heterocycles. The lowest BCUT2D eigenvalue weighted by molar-refractivity contribution is 0.102. The Bertz CT molecular complexity index is 850. The van der Waals surface area contributed by atoms with Gasteiger partial charge in [-0.05, 0) is 48.9 Å². The highest BCUT2D eigenvalue weighted by molar-refractivity contribution is 9.10. The second-order valence-corrected chi connectivity index (χ2v) is 8.11. The van der Waals surface area contributed by atoms with Crippen LogP contribution in [0.5, 0.6) is 0 Å². The molecule has 22 heavy (non-hydrogen) atoms. The van der Waals surface area contributed by atoms with Gasteiger partial charge in [0, 0.05) is 16.4 Å². The van der Waals surface area contributed by atoms with Crippen molar-refractivity contribution in [3.8, 4) is 0 Å². The van der Waals surface area contributed by atoms with E-state index in [4.69, 9.17) is 11.6 Å². The molecular formula is C15H13BrClNO3S. The van der Waals surface area contributed by atoms with E-state index in [1.807, 2.05) is 13.0 Å². The Balaban J connectivity index is 2.35. The molecule has 0 saturated carbocycles. The molecular weight excluding hydrogens is 390 g/mol. The minimum Gasteiger partial charge on any atom is -0.322 e. The van der Waals surface area contributed by atoms with Crippen LogP contribution in [0.4, 0.5) is 5.69 Å². The van der Waals surface area contributed by atoms with Gasteiger partial charge in [-0.25, -0.2) is 8.42 Å². The van der Waals surface area contributed by atoms with E-state index >= 15 is 0 Å². The van der Waals surface area contributed by atoms with Crippen LogP contribution >= 0.6 is 27.5 Å². The monoisotopic (exact) mass is 401 g/mol. The minimum absolute atomic E-state index is 0.0500. The second kappa shape index (κ2) is 6.40. The maximum atomic E-state index is 12.3. The Kier molecular flexibility index (Phi) is 4.94. The summed E-state index contributed by atoms with van der Waals surface area (Å²) in [5.74, 6) is -0.461. The molecule has 0 radical (unpaired) electrons. The zero-order valence-electron chi connectivity index (χ0n) is 11.9. The summed E-state index contributed by atoms with van der Waals surface area (Å²) in [7, 11) is -3.41. The number of halogens is 2. The number of amides is 1. The van der Waals surface area contributed by atoms with Crippen molar-refractivity contribution in [2.75, 3.05) is 11.6 Å². The fraction of sp³-hybridized carbons (Fsp3) is 0.133. The van der Waals surface area contributed by atoms with E-state index in [0.717, 1.165) is 16.3 Å². The van der Waals surface area contributed by atoms with Gasteiger partial charge in [0.05, 0.1) is 15.5 Å². The Hall–Kier alpha value is -1.37. The Morgan fingerprint density at radius 1 is 1.18 bits per heavy atom. The van der Waals surface area contributed by atoms with Crippen molar-refractivity contribution in [3.05, 3.63) is 57.0 Å². The fourth-order valence-electron chi connectivity index (χ4n) is 1.83. The summed E-state index contributed by atoms with van der Waals surface area (Å²) < 4.78 is 24.1. The van der Waals surface area contributed by atoms with Gasteiger partial charge in [0.1, 0.15) is 0 Å². The van der Waals surface area contributed by atoms with Gasteiger partial charge < -0.3 is 5.32 Å². The number of hydrogen-bond acceptors (Lipinski definition) is 3. The van der Waals surface area contributed by atoms with Crippen LogP contribution in [-0.2, 0) is 9.84 Å². The standard InChI is InChI=1S/C15H13BrClNO3S/c1-9-7-10(3-5-13(9)16)18-15(19)12-8-11(22(2,20)21)4-6-14(12)17/h3-8H,1-2H3,(H,18,19). The number of hydrogen-bond donors (Lipinski definition) is 1. The van der Waals surface area contributed by atoms with Gasteiger partial charge in [0.15, 0.2) is 9.84 Å². The van der Waals surface area contributed by atoms with Crippen LogP contribution in [0, 0.1) is 6.92 Å². The molecule has 0 heterocycles. The summed E-state index contributed by atoms with van der Waals surface area (Å²) in [6.07, 6.45) is 1.08.